The van der Waals surface area contributed by atoms with Gasteiger partial charge in [0, 0.05) is 32.3 Å². The van der Waals surface area contributed by atoms with E-state index >= 15 is 0 Å². The van der Waals surface area contributed by atoms with E-state index < -0.39 is 0 Å². The third-order valence-corrected chi connectivity index (χ3v) is 3.05. The van der Waals surface area contributed by atoms with Crippen LogP contribution in [-0.4, -0.2) is 46.3 Å². The quantitative estimate of drug-likeness (QED) is 0.794. The maximum atomic E-state index is 12.5. The van der Waals surface area contributed by atoms with Gasteiger partial charge in [0.15, 0.2) is 0 Å². The molecule has 0 radical (unpaired) electrons. The highest BCUT2D eigenvalue weighted by molar-refractivity contribution is 5.92. The van der Waals surface area contributed by atoms with Crippen molar-refractivity contribution < 1.29 is 9.59 Å². The van der Waals surface area contributed by atoms with Crippen LogP contribution in [0.1, 0.15) is 49.8 Å². The Morgan fingerprint density at radius 2 is 2.00 bits per heavy atom. The summed E-state index contributed by atoms with van der Waals surface area (Å²) in [7, 11) is 0. The van der Waals surface area contributed by atoms with Crippen molar-refractivity contribution in [3.63, 3.8) is 0 Å². The molecule has 1 rings (SSSR count). The van der Waals surface area contributed by atoms with E-state index in [2.05, 4.69) is 15.3 Å². The molecular formula is C16H26N4O2. The van der Waals surface area contributed by atoms with Crippen LogP contribution in [0.4, 0.5) is 0 Å². The molecule has 2 amide bonds. The average molecular weight is 306 g/mol. The molecule has 122 valence electrons. The third-order valence-electron chi connectivity index (χ3n) is 3.05. The number of hydrogen-bond donors (Lipinski definition) is 1. The van der Waals surface area contributed by atoms with E-state index in [1.54, 1.807) is 11.1 Å². The van der Waals surface area contributed by atoms with Gasteiger partial charge in [0.05, 0.1) is 11.9 Å². The van der Waals surface area contributed by atoms with Gasteiger partial charge in [0.25, 0.3) is 5.91 Å². The predicted molar refractivity (Wildman–Crippen MR) is 85.4 cm³/mol. The average Bonchev–Trinajstić information content (AvgIpc) is 2.49. The molecule has 1 N–H and O–H groups in total. The summed E-state index contributed by atoms with van der Waals surface area (Å²) < 4.78 is 0. The molecule has 0 atom stereocenters. The normalized spacial score (nSPS) is 10.6. The van der Waals surface area contributed by atoms with Crippen LogP contribution in [0.2, 0.25) is 0 Å². The molecule has 6 nitrogen and oxygen atoms in total. The van der Waals surface area contributed by atoms with Crippen molar-refractivity contribution in [2.45, 2.75) is 40.5 Å². The van der Waals surface area contributed by atoms with Crippen LogP contribution in [0.5, 0.6) is 0 Å². The second-order valence-corrected chi connectivity index (χ2v) is 5.79. The van der Waals surface area contributed by atoms with Gasteiger partial charge < -0.3 is 10.2 Å². The molecule has 6 heteroatoms. The molecule has 0 unspecified atom stereocenters. The molecule has 0 aromatic carbocycles. The molecule has 0 saturated carbocycles. The van der Waals surface area contributed by atoms with Crippen LogP contribution in [0.25, 0.3) is 0 Å². The Bertz CT molecular complexity index is 485. The zero-order valence-electron chi connectivity index (χ0n) is 13.9. The molecule has 0 aliphatic heterocycles. The van der Waals surface area contributed by atoms with E-state index in [0.29, 0.717) is 37.7 Å². The van der Waals surface area contributed by atoms with Crippen molar-refractivity contribution in [1.29, 1.82) is 0 Å². The van der Waals surface area contributed by atoms with Gasteiger partial charge in [-0.25, -0.2) is 4.98 Å². The maximum absolute atomic E-state index is 12.5. The highest BCUT2D eigenvalue weighted by atomic mass is 16.2. The minimum atomic E-state index is -0.176. The van der Waals surface area contributed by atoms with Crippen molar-refractivity contribution in [3.05, 3.63) is 23.8 Å². The molecule has 0 saturated heterocycles. The first-order valence-electron chi connectivity index (χ1n) is 7.78. The lowest BCUT2D eigenvalue weighted by molar-refractivity contribution is -0.121. The molecule has 0 aliphatic carbocycles. The number of carbonyl (C=O) groups excluding carboxylic acids is 2. The standard InChI is InChI=1S/C16H26N4O2/c1-5-7-17-15(21)6-8-20(11-12(2)3)16(22)14-10-18-13(4)9-19-14/h9-10,12H,5-8,11H2,1-4H3,(H,17,21). The first-order chi connectivity index (χ1) is 10.4. The summed E-state index contributed by atoms with van der Waals surface area (Å²) in [6.07, 6.45) is 4.27. The number of amides is 2. The second kappa shape index (κ2) is 9.12. The highest BCUT2D eigenvalue weighted by Crippen LogP contribution is 2.06. The number of rotatable bonds is 8. The molecule has 0 bridgehead atoms. The topological polar surface area (TPSA) is 75.2 Å². The van der Waals surface area contributed by atoms with Crippen LogP contribution >= 0.6 is 0 Å². The molecule has 1 aromatic rings. The fourth-order valence-corrected chi connectivity index (χ4v) is 1.97. The minimum absolute atomic E-state index is 0.0293. The second-order valence-electron chi connectivity index (χ2n) is 5.79. The monoisotopic (exact) mass is 306 g/mol. The van der Waals surface area contributed by atoms with Crippen molar-refractivity contribution in [2.24, 2.45) is 5.92 Å². The summed E-state index contributed by atoms with van der Waals surface area (Å²) in [6.45, 7) is 9.56. The van der Waals surface area contributed by atoms with Crippen molar-refractivity contribution >= 4 is 11.8 Å². The number of nitrogens with one attached hydrogen (secondary N) is 1. The third kappa shape index (κ3) is 6.20. The van der Waals surface area contributed by atoms with Gasteiger partial charge in [-0.15, -0.1) is 0 Å². The summed E-state index contributed by atoms with van der Waals surface area (Å²) in [4.78, 5) is 34.1. The Morgan fingerprint density at radius 1 is 1.27 bits per heavy atom. The van der Waals surface area contributed by atoms with Gasteiger partial charge in [0.2, 0.25) is 5.91 Å². The Balaban J connectivity index is 2.68. The van der Waals surface area contributed by atoms with Crippen LogP contribution in [-0.2, 0) is 4.79 Å². The fraction of sp³-hybridized carbons (Fsp3) is 0.625. The van der Waals surface area contributed by atoms with Gasteiger partial charge >= 0.3 is 0 Å². The lowest BCUT2D eigenvalue weighted by atomic mass is 10.2. The summed E-state index contributed by atoms with van der Waals surface area (Å²) in [5.41, 5.74) is 1.09. The summed E-state index contributed by atoms with van der Waals surface area (Å²) in [6, 6.07) is 0. The van der Waals surface area contributed by atoms with E-state index in [1.165, 1.54) is 6.20 Å². The lowest BCUT2D eigenvalue weighted by Crippen LogP contribution is -2.38. The number of nitrogens with zero attached hydrogens (tertiary/aromatic N) is 3. The number of aryl methyl sites for hydroxylation is 1. The predicted octanol–water partition coefficient (Wildman–Crippen LogP) is 1.80. The van der Waals surface area contributed by atoms with Crippen LogP contribution in [0.3, 0.4) is 0 Å². The fourth-order valence-electron chi connectivity index (χ4n) is 1.97. The first kappa shape index (κ1) is 18.1. The largest absolute Gasteiger partial charge is 0.356 e. The van der Waals surface area contributed by atoms with Crippen LogP contribution in [0.15, 0.2) is 12.4 Å². The van der Waals surface area contributed by atoms with Crippen molar-refractivity contribution in [2.75, 3.05) is 19.6 Å². The first-order valence-corrected chi connectivity index (χ1v) is 7.78. The van der Waals surface area contributed by atoms with Crippen molar-refractivity contribution in [1.82, 2.24) is 20.2 Å². The highest BCUT2D eigenvalue weighted by Gasteiger charge is 2.19. The van der Waals surface area contributed by atoms with E-state index in [1.807, 2.05) is 27.7 Å². The summed E-state index contributed by atoms with van der Waals surface area (Å²) >= 11 is 0. The Labute approximate surface area is 132 Å². The molecule has 0 fully saturated rings. The van der Waals surface area contributed by atoms with Crippen molar-refractivity contribution in [3.8, 4) is 0 Å². The molecule has 1 aromatic heterocycles. The van der Waals surface area contributed by atoms with Gasteiger partial charge in [0.1, 0.15) is 5.69 Å². The van der Waals surface area contributed by atoms with E-state index in [4.69, 9.17) is 0 Å². The Hall–Kier alpha value is -1.98. The lowest BCUT2D eigenvalue weighted by Gasteiger charge is -2.24. The van der Waals surface area contributed by atoms with Gasteiger partial charge in [-0.1, -0.05) is 20.8 Å². The zero-order valence-corrected chi connectivity index (χ0v) is 13.9. The molecule has 0 spiro atoms. The molecule has 22 heavy (non-hydrogen) atoms. The number of aromatic nitrogens is 2. The Kier molecular flexibility index (Phi) is 7.49. The summed E-state index contributed by atoms with van der Waals surface area (Å²) in [5.74, 6) is 0.115. The zero-order chi connectivity index (χ0) is 16.5. The maximum Gasteiger partial charge on any atom is 0.274 e. The van der Waals surface area contributed by atoms with Gasteiger partial charge in [-0.3, -0.25) is 14.6 Å². The summed E-state index contributed by atoms with van der Waals surface area (Å²) in [5, 5.41) is 2.82. The smallest absolute Gasteiger partial charge is 0.274 e. The number of hydrogen-bond acceptors (Lipinski definition) is 4. The molecular weight excluding hydrogens is 280 g/mol. The van der Waals surface area contributed by atoms with Gasteiger partial charge in [-0.05, 0) is 19.3 Å². The molecule has 1 heterocycles. The van der Waals surface area contributed by atoms with Crippen LogP contribution < -0.4 is 5.32 Å². The van der Waals surface area contributed by atoms with Crippen LogP contribution in [0, 0.1) is 12.8 Å². The van der Waals surface area contributed by atoms with E-state index in [0.717, 1.165) is 12.1 Å². The van der Waals surface area contributed by atoms with E-state index in [9.17, 15) is 9.59 Å². The number of carbonyl (C=O) groups is 2. The van der Waals surface area contributed by atoms with Gasteiger partial charge in [-0.2, -0.15) is 0 Å². The SMILES string of the molecule is CCCNC(=O)CCN(CC(C)C)C(=O)c1cnc(C)cn1. The van der Waals surface area contributed by atoms with E-state index in [-0.39, 0.29) is 11.8 Å². The Morgan fingerprint density at radius 3 is 2.55 bits per heavy atom. The minimum Gasteiger partial charge on any atom is -0.356 e. The molecule has 0 aliphatic rings.